The highest BCUT2D eigenvalue weighted by atomic mass is 16.5. The molecule has 2 rings (SSSR count). The summed E-state index contributed by atoms with van der Waals surface area (Å²) in [6.07, 6.45) is 5.14. The van der Waals surface area contributed by atoms with E-state index in [-0.39, 0.29) is 17.5 Å². The van der Waals surface area contributed by atoms with Crippen LogP contribution in [0, 0.1) is 0 Å². The van der Waals surface area contributed by atoms with Crippen LogP contribution in [0.25, 0.3) is 0 Å². The largest absolute Gasteiger partial charge is 0.469 e. The number of H-pyrrole nitrogens is 1. The molecule has 1 fully saturated rings. The van der Waals surface area contributed by atoms with Crippen LogP contribution in [0.1, 0.15) is 12.8 Å². The Balaban J connectivity index is 2.03. The van der Waals surface area contributed by atoms with E-state index in [1.54, 1.807) is 0 Å². The maximum absolute atomic E-state index is 11.2. The number of piperidine rings is 1. The molecule has 1 aromatic rings. The van der Waals surface area contributed by atoms with Gasteiger partial charge >= 0.3 is 5.56 Å². The molecule has 0 saturated carbocycles. The van der Waals surface area contributed by atoms with Crippen molar-refractivity contribution in [2.45, 2.75) is 18.9 Å². The molecule has 0 bridgehead atoms. The van der Waals surface area contributed by atoms with Crippen molar-refractivity contribution in [2.75, 3.05) is 13.1 Å². The van der Waals surface area contributed by atoms with Gasteiger partial charge in [-0.2, -0.15) is 0 Å². The molecule has 0 unspecified atom stereocenters. The summed E-state index contributed by atoms with van der Waals surface area (Å²) in [5.74, 6) is 0.168. The highest BCUT2D eigenvalue weighted by Gasteiger charge is 2.15. The first-order valence-corrected chi connectivity index (χ1v) is 4.77. The molecule has 0 amide bonds. The van der Waals surface area contributed by atoms with Gasteiger partial charge < -0.3 is 15.0 Å². The van der Waals surface area contributed by atoms with E-state index in [0.717, 1.165) is 25.9 Å². The number of aromatic nitrogens is 2. The zero-order valence-electron chi connectivity index (χ0n) is 7.82. The highest BCUT2D eigenvalue weighted by Crippen LogP contribution is 2.07. The minimum Gasteiger partial charge on any atom is -0.469 e. The predicted octanol–water partition coefficient (Wildman–Crippen LogP) is -0.0993. The maximum atomic E-state index is 11.2. The molecule has 1 aliphatic heterocycles. The zero-order chi connectivity index (χ0) is 9.80. The topological polar surface area (TPSA) is 67.0 Å². The van der Waals surface area contributed by atoms with Crippen molar-refractivity contribution in [3.05, 3.63) is 22.7 Å². The van der Waals surface area contributed by atoms with Crippen LogP contribution in [0.4, 0.5) is 0 Å². The summed E-state index contributed by atoms with van der Waals surface area (Å²) in [6.45, 7) is 1.81. The molecule has 5 heteroatoms. The van der Waals surface area contributed by atoms with E-state index in [1.807, 2.05) is 0 Å². The Labute approximate surface area is 81.5 Å². The molecule has 0 spiro atoms. The monoisotopic (exact) mass is 195 g/mol. The van der Waals surface area contributed by atoms with Gasteiger partial charge in [0.05, 0.1) is 0 Å². The molecule has 14 heavy (non-hydrogen) atoms. The lowest BCUT2D eigenvalue weighted by atomic mass is 10.1. The minimum absolute atomic E-state index is 0.0692. The molecule has 2 heterocycles. The third-order valence-corrected chi connectivity index (χ3v) is 2.20. The number of rotatable bonds is 2. The van der Waals surface area contributed by atoms with E-state index >= 15 is 0 Å². The lowest BCUT2D eigenvalue weighted by Crippen LogP contribution is -2.38. The molecule has 1 saturated heterocycles. The van der Waals surface area contributed by atoms with Gasteiger partial charge in [0.15, 0.2) is 0 Å². The molecule has 1 atom stereocenters. The molecule has 1 aromatic heterocycles. The first-order valence-electron chi connectivity index (χ1n) is 4.77. The fourth-order valence-electron chi connectivity index (χ4n) is 1.50. The number of hydrogen-bond acceptors (Lipinski definition) is 4. The smallest absolute Gasteiger partial charge is 0.310 e. The molecule has 1 aliphatic rings. The molecule has 5 nitrogen and oxygen atoms in total. The third kappa shape index (κ3) is 2.11. The number of nitrogens with one attached hydrogen (secondary N) is 2. The van der Waals surface area contributed by atoms with Crippen molar-refractivity contribution < 1.29 is 4.74 Å². The Morgan fingerprint density at radius 3 is 3.21 bits per heavy atom. The minimum atomic E-state index is -0.266. The van der Waals surface area contributed by atoms with Gasteiger partial charge in [-0.1, -0.05) is 0 Å². The fourth-order valence-corrected chi connectivity index (χ4v) is 1.50. The van der Waals surface area contributed by atoms with E-state index in [0.29, 0.717) is 0 Å². The van der Waals surface area contributed by atoms with E-state index in [1.165, 1.54) is 12.4 Å². The molecule has 2 N–H and O–H groups in total. The van der Waals surface area contributed by atoms with Crippen LogP contribution in [0.2, 0.25) is 0 Å². The van der Waals surface area contributed by atoms with Crippen LogP contribution in [0.5, 0.6) is 5.88 Å². The number of ether oxygens (including phenoxy) is 1. The number of aromatic amines is 1. The van der Waals surface area contributed by atoms with E-state index in [9.17, 15) is 4.79 Å². The summed E-state index contributed by atoms with van der Waals surface area (Å²) < 4.78 is 5.47. The standard InChI is InChI=1S/C9H13N3O2/c13-8-9(12-5-4-11-8)14-7-2-1-3-10-6-7/h4-5,7,10H,1-3,6H2,(H,11,13)/t7-/m0/s1. The van der Waals surface area contributed by atoms with Crippen LogP contribution in [0.15, 0.2) is 17.2 Å². The molecule has 76 valence electrons. The van der Waals surface area contributed by atoms with Crippen molar-refractivity contribution >= 4 is 0 Å². The molecule has 0 radical (unpaired) electrons. The van der Waals surface area contributed by atoms with E-state index in [2.05, 4.69) is 15.3 Å². The quantitative estimate of drug-likeness (QED) is 0.691. The SMILES string of the molecule is O=c1[nH]ccnc1O[C@H]1CCCNC1. The van der Waals surface area contributed by atoms with E-state index in [4.69, 9.17) is 4.74 Å². The van der Waals surface area contributed by atoms with Crippen molar-refractivity contribution in [3.8, 4) is 5.88 Å². The molecular weight excluding hydrogens is 182 g/mol. The van der Waals surface area contributed by atoms with Gasteiger partial charge in [-0.25, -0.2) is 4.98 Å². The normalized spacial score (nSPS) is 21.9. The first-order chi connectivity index (χ1) is 6.86. The maximum Gasteiger partial charge on any atom is 0.310 e. The van der Waals surface area contributed by atoms with Crippen LogP contribution >= 0.6 is 0 Å². The first kappa shape index (κ1) is 9.21. The summed E-state index contributed by atoms with van der Waals surface area (Å²) in [6, 6.07) is 0. The second-order valence-corrected chi connectivity index (χ2v) is 3.31. The lowest BCUT2D eigenvalue weighted by molar-refractivity contribution is 0.158. The van der Waals surface area contributed by atoms with Gasteiger partial charge in [0, 0.05) is 18.9 Å². The Kier molecular flexibility index (Phi) is 2.78. The second-order valence-electron chi connectivity index (χ2n) is 3.31. The summed E-state index contributed by atoms with van der Waals surface area (Å²) in [7, 11) is 0. The zero-order valence-corrected chi connectivity index (χ0v) is 7.82. The number of hydrogen-bond donors (Lipinski definition) is 2. The van der Waals surface area contributed by atoms with Crippen LogP contribution in [-0.2, 0) is 0 Å². The van der Waals surface area contributed by atoms with Crippen LogP contribution in [0.3, 0.4) is 0 Å². The van der Waals surface area contributed by atoms with Crippen molar-refractivity contribution in [1.82, 2.24) is 15.3 Å². The van der Waals surface area contributed by atoms with Crippen LogP contribution < -0.4 is 15.6 Å². The summed E-state index contributed by atoms with van der Waals surface area (Å²) in [4.78, 5) is 17.6. The highest BCUT2D eigenvalue weighted by molar-refractivity contribution is 5.03. The molecular formula is C9H13N3O2. The van der Waals surface area contributed by atoms with Gasteiger partial charge in [0.1, 0.15) is 6.10 Å². The Morgan fingerprint density at radius 1 is 1.57 bits per heavy atom. The van der Waals surface area contributed by atoms with Gasteiger partial charge in [-0.05, 0) is 19.4 Å². The van der Waals surface area contributed by atoms with Crippen molar-refractivity contribution in [3.63, 3.8) is 0 Å². The fraction of sp³-hybridized carbons (Fsp3) is 0.556. The predicted molar refractivity (Wildman–Crippen MR) is 51.4 cm³/mol. The Morgan fingerprint density at radius 2 is 2.50 bits per heavy atom. The second kappa shape index (κ2) is 4.23. The Bertz CT molecular complexity index is 344. The lowest BCUT2D eigenvalue weighted by Gasteiger charge is -2.22. The Hall–Kier alpha value is -1.36. The van der Waals surface area contributed by atoms with Gasteiger partial charge in [-0.15, -0.1) is 0 Å². The van der Waals surface area contributed by atoms with Gasteiger partial charge in [-0.3, -0.25) is 4.79 Å². The average Bonchev–Trinajstić information content (AvgIpc) is 2.23. The van der Waals surface area contributed by atoms with Crippen molar-refractivity contribution in [1.29, 1.82) is 0 Å². The van der Waals surface area contributed by atoms with E-state index < -0.39 is 0 Å². The summed E-state index contributed by atoms with van der Waals surface area (Å²) in [5, 5.41) is 3.21. The summed E-state index contributed by atoms with van der Waals surface area (Å²) >= 11 is 0. The third-order valence-electron chi connectivity index (χ3n) is 2.20. The molecule has 0 aliphatic carbocycles. The summed E-state index contributed by atoms with van der Waals surface area (Å²) in [5.41, 5.74) is -0.266. The van der Waals surface area contributed by atoms with Crippen molar-refractivity contribution in [2.24, 2.45) is 0 Å². The number of nitrogens with zero attached hydrogens (tertiary/aromatic N) is 1. The molecule has 0 aromatic carbocycles. The average molecular weight is 195 g/mol. The van der Waals surface area contributed by atoms with Gasteiger partial charge in [0.25, 0.3) is 5.88 Å². The van der Waals surface area contributed by atoms with Crippen LogP contribution in [-0.4, -0.2) is 29.2 Å². The van der Waals surface area contributed by atoms with Gasteiger partial charge in [0.2, 0.25) is 0 Å².